The predicted molar refractivity (Wildman–Crippen MR) is 121 cm³/mol. The molecule has 5 nitrogen and oxygen atoms in total. The Bertz CT molecular complexity index is 769. The quantitative estimate of drug-likeness (QED) is 0.631. The van der Waals surface area contributed by atoms with E-state index in [1.807, 2.05) is 12.4 Å². The van der Waals surface area contributed by atoms with Crippen LogP contribution in [0.1, 0.15) is 76.6 Å². The Balaban J connectivity index is 1.35. The Morgan fingerprint density at radius 3 is 2.37 bits per heavy atom. The fourth-order valence-corrected chi connectivity index (χ4v) is 4.85. The summed E-state index contributed by atoms with van der Waals surface area (Å²) in [5.74, 6) is 0.563. The lowest BCUT2D eigenvalue weighted by Gasteiger charge is -2.39. The van der Waals surface area contributed by atoms with Gasteiger partial charge >= 0.3 is 0 Å². The Morgan fingerprint density at radius 2 is 1.80 bits per heavy atom. The minimum absolute atomic E-state index is 0.198. The van der Waals surface area contributed by atoms with Crippen molar-refractivity contribution in [2.24, 2.45) is 5.92 Å². The molecule has 0 unspecified atom stereocenters. The largest absolute Gasteiger partial charge is 0.342 e. The molecule has 2 aliphatic carbocycles. The van der Waals surface area contributed by atoms with Crippen LogP contribution in [0.25, 0.3) is 5.57 Å². The molecule has 2 fully saturated rings. The Morgan fingerprint density at radius 1 is 1.07 bits per heavy atom. The molecule has 0 aromatic carbocycles. The molecule has 30 heavy (non-hydrogen) atoms. The van der Waals surface area contributed by atoms with Crippen molar-refractivity contribution in [3.05, 3.63) is 42.0 Å². The zero-order valence-corrected chi connectivity index (χ0v) is 18.6. The summed E-state index contributed by atoms with van der Waals surface area (Å²) in [6, 6.07) is 1.23. The SMILES string of the molecule is CCC(CC)C(=O)N1CCC(N(Cc2cnc(C3=CCCC=C3)cn2)C2CC2)CC1. The van der Waals surface area contributed by atoms with Gasteiger partial charge in [0.05, 0.1) is 23.8 Å². The summed E-state index contributed by atoms with van der Waals surface area (Å²) in [4.78, 5) is 26.9. The highest BCUT2D eigenvalue weighted by molar-refractivity contribution is 5.78. The van der Waals surface area contributed by atoms with Crippen LogP contribution in [0, 0.1) is 5.92 Å². The molecule has 0 atom stereocenters. The maximum atomic E-state index is 12.7. The second-order valence-corrected chi connectivity index (χ2v) is 9.01. The van der Waals surface area contributed by atoms with Gasteiger partial charge in [-0.2, -0.15) is 0 Å². The van der Waals surface area contributed by atoms with Crippen LogP contribution >= 0.6 is 0 Å². The van der Waals surface area contributed by atoms with Gasteiger partial charge in [0.15, 0.2) is 0 Å². The minimum Gasteiger partial charge on any atom is -0.342 e. The minimum atomic E-state index is 0.198. The predicted octanol–water partition coefficient (Wildman–Crippen LogP) is 4.60. The molecule has 0 N–H and O–H groups in total. The van der Waals surface area contributed by atoms with Gasteiger partial charge in [-0.1, -0.05) is 32.1 Å². The molecule has 162 valence electrons. The summed E-state index contributed by atoms with van der Waals surface area (Å²) < 4.78 is 0. The van der Waals surface area contributed by atoms with Gasteiger partial charge in [-0.15, -0.1) is 0 Å². The summed E-state index contributed by atoms with van der Waals surface area (Å²) in [5, 5.41) is 0. The van der Waals surface area contributed by atoms with Crippen molar-refractivity contribution in [3.63, 3.8) is 0 Å². The number of piperidine rings is 1. The van der Waals surface area contributed by atoms with E-state index in [1.54, 1.807) is 0 Å². The van der Waals surface area contributed by atoms with E-state index in [1.165, 1.54) is 18.4 Å². The van der Waals surface area contributed by atoms with Gasteiger partial charge in [-0.05, 0) is 56.9 Å². The zero-order chi connectivity index (χ0) is 20.9. The van der Waals surface area contributed by atoms with E-state index in [0.29, 0.717) is 18.0 Å². The highest BCUT2D eigenvalue weighted by Gasteiger charge is 2.36. The number of hydrogen-bond donors (Lipinski definition) is 0. The van der Waals surface area contributed by atoms with Crippen molar-refractivity contribution >= 4 is 11.5 Å². The topological polar surface area (TPSA) is 49.3 Å². The van der Waals surface area contributed by atoms with Gasteiger partial charge in [0, 0.05) is 37.6 Å². The molecule has 1 aliphatic heterocycles. The van der Waals surface area contributed by atoms with Crippen molar-refractivity contribution in [3.8, 4) is 0 Å². The second-order valence-electron chi connectivity index (χ2n) is 9.01. The van der Waals surface area contributed by atoms with Crippen LogP contribution in [0.3, 0.4) is 0 Å². The highest BCUT2D eigenvalue weighted by atomic mass is 16.2. The lowest BCUT2D eigenvalue weighted by molar-refractivity contribution is -0.137. The first-order chi connectivity index (χ1) is 14.7. The first-order valence-corrected chi connectivity index (χ1v) is 11.9. The van der Waals surface area contributed by atoms with Crippen molar-refractivity contribution in [2.45, 2.75) is 83.8 Å². The summed E-state index contributed by atoms with van der Waals surface area (Å²) >= 11 is 0. The van der Waals surface area contributed by atoms with E-state index in [2.05, 4.69) is 41.9 Å². The van der Waals surface area contributed by atoms with Crippen LogP contribution in [0.15, 0.2) is 30.6 Å². The molecular formula is C25H36N4O. The van der Waals surface area contributed by atoms with E-state index in [-0.39, 0.29) is 5.92 Å². The van der Waals surface area contributed by atoms with Gasteiger partial charge in [0.25, 0.3) is 0 Å². The van der Waals surface area contributed by atoms with E-state index in [4.69, 9.17) is 9.97 Å². The van der Waals surface area contributed by atoms with Crippen molar-refractivity contribution in [2.75, 3.05) is 13.1 Å². The maximum absolute atomic E-state index is 12.7. The Labute approximate surface area is 181 Å². The number of amides is 1. The molecule has 1 amide bonds. The summed E-state index contributed by atoms with van der Waals surface area (Å²) in [6.07, 6.45) is 19.3. The number of carbonyl (C=O) groups excluding carboxylic acids is 1. The number of aromatic nitrogens is 2. The van der Waals surface area contributed by atoms with E-state index >= 15 is 0 Å². The Hall–Kier alpha value is -2.01. The van der Waals surface area contributed by atoms with E-state index < -0.39 is 0 Å². The molecule has 2 heterocycles. The second kappa shape index (κ2) is 9.86. The van der Waals surface area contributed by atoms with Gasteiger partial charge in [0.2, 0.25) is 5.91 Å². The number of likely N-dealkylation sites (tertiary alicyclic amines) is 1. The van der Waals surface area contributed by atoms with Crippen molar-refractivity contribution < 1.29 is 4.79 Å². The molecule has 0 spiro atoms. The number of carbonyl (C=O) groups is 1. The van der Waals surface area contributed by atoms with Gasteiger partial charge in [-0.25, -0.2) is 0 Å². The third-order valence-electron chi connectivity index (χ3n) is 6.94. The number of nitrogens with zero attached hydrogens (tertiary/aromatic N) is 4. The van der Waals surface area contributed by atoms with Crippen LogP contribution in [0.5, 0.6) is 0 Å². The summed E-state index contributed by atoms with van der Waals surface area (Å²) in [5.41, 5.74) is 3.22. The number of hydrogen-bond acceptors (Lipinski definition) is 4. The van der Waals surface area contributed by atoms with Crippen molar-refractivity contribution in [1.29, 1.82) is 0 Å². The lowest BCUT2D eigenvalue weighted by Crippen LogP contribution is -2.48. The van der Waals surface area contributed by atoms with Crippen LogP contribution in [-0.2, 0) is 11.3 Å². The molecule has 1 saturated heterocycles. The van der Waals surface area contributed by atoms with Crippen LogP contribution in [0.4, 0.5) is 0 Å². The van der Waals surface area contributed by atoms with Gasteiger partial charge < -0.3 is 4.90 Å². The molecule has 1 saturated carbocycles. The molecule has 4 rings (SSSR count). The highest BCUT2D eigenvalue weighted by Crippen LogP contribution is 2.33. The van der Waals surface area contributed by atoms with Gasteiger partial charge in [0.1, 0.15) is 0 Å². The fraction of sp³-hybridized carbons (Fsp3) is 0.640. The third kappa shape index (κ3) is 5.00. The molecule has 3 aliphatic rings. The van der Waals surface area contributed by atoms with Gasteiger partial charge in [-0.3, -0.25) is 19.7 Å². The number of rotatable bonds is 8. The monoisotopic (exact) mass is 408 g/mol. The average molecular weight is 409 g/mol. The molecule has 5 heteroatoms. The molecule has 0 bridgehead atoms. The zero-order valence-electron chi connectivity index (χ0n) is 18.6. The molecule has 1 aromatic rings. The first-order valence-electron chi connectivity index (χ1n) is 11.9. The first kappa shape index (κ1) is 21.2. The maximum Gasteiger partial charge on any atom is 0.225 e. The lowest BCUT2D eigenvalue weighted by atomic mass is 9.97. The smallest absolute Gasteiger partial charge is 0.225 e. The van der Waals surface area contributed by atoms with E-state index in [9.17, 15) is 4.79 Å². The molecule has 0 radical (unpaired) electrons. The third-order valence-corrected chi connectivity index (χ3v) is 6.94. The van der Waals surface area contributed by atoms with E-state index in [0.717, 1.165) is 69.5 Å². The molecular weight excluding hydrogens is 372 g/mol. The van der Waals surface area contributed by atoms with Crippen molar-refractivity contribution in [1.82, 2.24) is 19.8 Å². The summed E-state index contributed by atoms with van der Waals surface area (Å²) in [7, 11) is 0. The Kier molecular flexibility index (Phi) is 6.98. The van der Waals surface area contributed by atoms with Crippen LogP contribution in [-0.4, -0.2) is 50.8 Å². The molecule has 1 aromatic heterocycles. The number of allylic oxidation sites excluding steroid dienone is 4. The summed E-state index contributed by atoms with van der Waals surface area (Å²) in [6.45, 7) is 6.92. The standard InChI is InChI=1S/C25H36N4O/c1-3-19(4-2)25(30)28-14-12-23(13-15-28)29(22-10-11-22)18-21-16-27-24(17-26-21)20-8-6-5-7-9-20/h6,8-9,16-17,19,22-23H,3-5,7,10-15,18H2,1-2H3. The van der Waals surface area contributed by atoms with Crippen LogP contribution < -0.4 is 0 Å². The average Bonchev–Trinajstić information content (AvgIpc) is 3.65. The fourth-order valence-electron chi connectivity index (χ4n) is 4.85. The normalized spacial score (nSPS) is 20.1. The van der Waals surface area contributed by atoms with Crippen LogP contribution in [0.2, 0.25) is 0 Å².